The minimum absolute atomic E-state index is 0.150. The van der Waals surface area contributed by atoms with Crippen molar-refractivity contribution in [2.45, 2.75) is 36.9 Å². The molecule has 9 heteroatoms. The number of fused-ring (bicyclic) bond motifs is 1. The van der Waals surface area contributed by atoms with Crippen molar-refractivity contribution in [1.82, 2.24) is 10.2 Å². The first-order valence-electron chi connectivity index (χ1n) is 10.1. The number of carbonyl (C=O) groups is 1. The molecule has 0 bridgehead atoms. The van der Waals surface area contributed by atoms with E-state index < -0.39 is 11.7 Å². The Hall–Kier alpha value is -2.91. The largest absolute Gasteiger partial charge is 0.451 e. The number of aryl methyl sites for hydroxylation is 1. The van der Waals surface area contributed by atoms with E-state index in [1.54, 1.807) is 12.1 Å². The van der Waals surface area contributed by atoms with Crippen molar-refractivity contribution >= 4 is 51.3 Å². The van der Waals surface area contributed by atoms with E-state index in [-0.39, 0.29) is 11.8 Å². The van der Waals surface area contributed by atoms with E-state index >= 15 is 0 Å². The van der Waals surface area contributed by atoms with Crippen LogP contribution in [0.1, 0.15) is 35.0 Å². The molecule has 4 rings (SSSR count). The van der Waals surface area contributed by atoms with Gasteiger partial charge in [-0.25, -0.2) is 4.39 Å². The molecule has 6 nitrogen and oxygen atoms in total. The molecule has 32 heavy (non-hydrogen) atoms. The van der Waals surface area contributed by atoms with Crippen LogP contribution in [-0.4, -0.2) is 29.2 Å². The normalized spacial score (nSPS) is 11.3. The zero-order valence-corrected chi connectivity index (χ0v) is 19.8. The van der Waals surface area contributed by atoms with E-state index in [2.05, 4.69) is 15.5 Å². The number of hydrogen-bond acceptors (Lipinski definition) is 7. The molecular formula is C23H23FN4O2S2. The standard InChI is InChI=1S/C23H23FN4O2S2/c1-13(2)28(4)19-10-9-15(11-18(19)24)25-22(29)21-17(12-31-23-27-26-14(3)32-23)16-7-5-6-8-20(16)30-21/h5-11,13H,12H2,1-4H3,(H,25,29). The summed E-state index contributed by atoms with van der Waals surface area (Å²) in [5, 5.41) is 12.7. The number of nitrogens with zero attached hydrogens (tertiary/aromatic N) is 3. The third kappa shape index (κ3) is 4.63. The van der Waals surface area contributed by atoms with Gasteiger partial charge < -0.3 is 14.6 Å². The Balaban J connectivity index is 1.60. The quantitative estimate of drug-likeness (QED) is 0.328. The Morgan fingerprint density at radius 3 is 2.72 bits per heavy atom. The van der Waals surface area contributed by atoms with Gasteiger partial charge in [0.25, 0.3) is 5.91 Å². The van der Waals surface area contributed by atoms with Crippen LogP contribution >= 0.6 is 23.1 Å². The summed E-state index contributed by atoms with van der Waals surface area (Å²) in [7, 11) is 1.83. The molecule has 0 spiro atoms. The maximum Gasteiger partial charge on any atom is 0.291 e. The molecule has 1 N–H and O–H groups in total. The Morgan fingerprint density at radius 2 is 2.03 bits per heavy atom. The Kier molecular flexibility index (Phi) is 6.48. The first-order chi connectivity index (χ1) is 15.3. The van der Waals surface area contributed by atoms with Gasteiger partial charge in [0.1, 0.15) is 16.4 Å². The van der Waals surface area contributed by atoms with E-state index in [1.807, 2.05) is 57.0 Å². The van der Waals surface area contributed by atoms with E-state index in [0.29, 0.717) is 22.7 Å². The summed E-state index contributed by atoms with van der Waals surface area (Å²) in [5.74, 6) is -0.106. The number of furan rings is 1. The molecule has 0 aliphatic carbocycles. The number of amides is 1. The van der Waals surface area contributed by atoms with Gasteiger partial charge in [-0.2, -0.15) is 0 Å². The van der Waals surface area contributed by atoms with Crippen molar-refractivity contribution < 1.29 is 13.6 Å². The van der Waals surface area contributed by atoms with Crippen molar-refractivity contribution in [3.05, 3.63) is 64.6 Å². The predicted octanol–water partition coefficient (Wildman–Crippen LogP) is 6.12. The van der Waals surface area contributed by atoms with Crippen LogP contribution in [0.15, 0.2) is 51.2 Å². The average Bonchev–Trinajstić information content (AvgIpc) is 3.35. The third-order valence-electron chi connectivity index (χ3n) is 5.11. The lowest BCUT2D eigenvalue weighted by atomic mass is 10.1. The molecule has 0 saturated heterocycles. The summed E-state index contributed by atoms with van der Waals surface area (Å²) in [6.45, 7) is 5.87. The van der Waals surface area contributed by atoms with Crippen molar-refractivity contribution in [2.75, 3.05) is 17.3 Å². The summed E-state index contributed by atoms with van der Waals surface area (Å²) in [6.07, 6.45) is 0. The average molecular weight is 471 g/mol. The number of para-hydroxylation sites is 1. The summed E-state index contributed by atoms with van der Waals surface area (Å²) in [6, 6.07) is 12.3. The number of thioether (sulfide) groups is 1. The maximum absolute atomic E-state index is 14.6. The minimum Gasteiger partial charge on any atom is -0.451 e. The number of nitrogens with one attached hydrogen (secondary N) is 1. The van der Waals surface area contributed by atoms with Gasteiger partial charge >= 0.3 is 0 Å². The van der Waals surface area contributed by atoms with E-state index in [1.165, 1.54) is 29.2 Å². The Labute approximate surface area is 193 Å². The molecule has 0 radical (unpaired) electrons. The van der Waals surface area contributed by atoms with Crippen LogP contribution < -0.4 is 10.2 Å². The molecule has 0 aliphatic rings. The van der Waals surface area contributed by atoms with Crippen molar-refractivity contribution in [3.8, 4) is 0 Å². The van der Waals surface area contributed by atoms with Crippen LogP contribution in [0.3, 0.4) is 0 Å². The molecule has 0 atom stereocenters. The zero-order chi connectivity index (χ0) is 22.8. The first-order valence-corrected chi connectivity index (χ1v) is 11.9. The van der Waals surface area contributed by atoms with Crippen LogP contribution in [0.25, 0.3) is 11.0 Å². The molecule has 1 amide bonds. The van der Waals surface area contributed by atoms with Gasteiger partial charge in [-0.15, -0.1) is 10.2 Å². The molecule has 0 unspecified atom stereocenters. The van der Waals surface area contributed by atoms with Crippen LogP contribution in [-0.2, 0) is 5.75 Å². The fraction of sp³-hybridized carbons (Fsp3) is 0.261. The van der Waals surface area contributed by atoms with Crippen molar-refractivity contribution in [1.29, 1.82) is 0 Å². The molecule has 2 heterocycles. The highest BCUT2D eigenvalue weighted by Gasteiger charge is 2.22. The van der Waals surface area contributed by atoms with Gasteiger partial charge in [-0.1, -0.05) is 41.3 Å². The maximum atomic E-state index is 14.6. The monoisotopic (exact) mass is 470 g/mol. The van der Waals surface area contributed by atoms with Gasteiger partial charge in [-0.3, -0.25) is 4.79 Å². The number of anilines is 2. The number of hydrogen-bond donors (Lipinski definition) is 1. The van der Waals surface area contributed by atoms with Crippen LogP contribution in [0.2, 0.25) is 0 Å². The molecule has 2 aromatic heterocycles. The number of carbonyl (C=O) groups excluding carboxylic acids is 1. The molecular weight excluding hydrogens is 447 g/mol. The summed E-state index contributed by atoms with van der Waals surface area (Å²) in [5.41, 5.74) is 2.24. The molecule has 2 aromatic carbocycles. The number of benzene rings is 2. The second-order valence-electron chi connectivity index (χ2n) is 7.61. The van der Waals surface area contributed by atoms with Crippen LogP contribution in [0.5, 0.6) is 0 Å². The van der Waals surface area contributed by atoms with Crippen LogP contribution in [0, 0.1) is 12.7 Å². The highest BCUT2D eigenvalue weighted by Crippen LogP contribution is 2.33. The van der Waals surface area contributed by atoms with E-state index in [0.717, 1.165) is 20.3 Å². The van der Waals surface area contributed by atoms with Gasteiger partial charge in [0.05, 0.1) is 5.69 Å². The second kappa shape index (κ2) is 9.30. The van der Waals surface area contributed by atoms with Gasteiger partial charge in [0, 0.05) is 35.5 Å². The lowest BCUT2D eigenvalue weighted by molar-refractivity contribution is 0.0998. The zero-order valence-electron chi connectivity index (χ0n) is 18.2. The molecule has 166 valence electrons. The van der Waals surface area contributed by atoms with Crippen molar-refractivity contribution in [2.24, 2.45) is 0 Å². The SMILES string of the molecule is Cc1nnc(SCc2c(C(=O)Nc3ccc(N(C)C(C)C)c(F)c3)oc3ccccc23)s1. The highest BCUT2D eigenvalue weighted by molar-refractivity contribution is 8.00. The third-order valence-corrected chi connectivity index (χ3v) is 7.11. The lowest BCUT2D eigenvalue weighted by Gasteiger charge is -2.24. The van der Waals surface area contributed by atoms with E-state index in [9.17, 15) is 9.18 Å². The first kappa shape index (κ1) is 22.3. The number of aromatic nitrogens is 2. The van der Waals surface area contributed by atoms with Crippen molar-refractivity contribution in [3.63, 3.8) is 0 Å². The summed E-state index contributed by atoms with van der Waals surface area (Å²) >= 11 is 3.00. The minimum atomic E-state index is -0.422. The predicted molar refractivity (Wildman–Crippen MR) is 128 cm³/mol. The fourth-order valence-corrected chi connectivity index (χ4v) is 5.08. The lowest BCUT2D eigenvalue weighted by Crippen LogP contribution is -2.26. The van der Waals surface area contributed by atoms with Gasteiger partial charge in [0.15, 0.2) is 10.1 Å². The van der Waals surface area contributed by atoms with Gasteiger partial charge in [0.2, 0.25) is 0 Å². The highest BCUT2D eigenvalue weighted by atomic mass is 32.2. The molecule has 0 saturated carbocycles. The molecule has 4 aromatic rings. The number of halogens is 1. The molecule has 0 aliphatic heterocycles. The van der Waals surface area contributed by atoms with Crippen LogP contribution in [0.4, 0.5) is 15.8 Å². The van der Waals surface area contributed by atoms with Gasteiger partial charge in [-0.05, 0) is 45.0 Å². The summed E-state index contributed by atoms with van der Waals surface area (Å²) in [4.78, 5) is 14.9. The molecule has 0 fully saturated rings. The smallest absolute Gasteiger partial charge is 0.291 e. The second-order valence-corrected chi connectivity index (χ2v) is 10.0. The van der Waals surface area contributed by atoms with E-state index in [4.69, 9.17) is 4.42 Å². The summed E-state index contributed by atoms with van der Waals surface area (Å²) < 4.78 is 21.4. The Bertz CT molecular complexity index is 1270. The fourth-order valence-electron chi connectivity index (χ4n) is 3.23. The Morgan fingerprint density at radius 1 is 1.25 bits per heavy atom. The topological polar surface area (TPSA) is 71.3 Å². The number of rotatable bonds is 7.